The van der Waals surface area contributed by atoms with E-state index < -0.39 is 5.60 Å². The zero-order valence-electron chi connectivity index (χ0n) is 12.1. The molecule has 1 aromatic rings. The Hall–Kier alpha value is -1.39. The molecule has 0 aromatic heterocycles. The number of piperidine rings is 1. The molecule has 1 fully saturated rings. The molecule has 0 aliphatic carbocycles. The van der Waals surface area contributed by atoms with Gasteiger partial charge in [-0.3, -0.25) is 9.69 Å². The number of β-amino-alcohol motifs (C(OH)–C–C–N with tert-alkyl or cyclic N) is 1. The summed E-state index contributed by atoms with van der Waals surface area (Å²) in [6, 6.07) is 10.1. The van der Waals surface area contributed by atoms with Gasteiger partial charge in [0.15, 0.2) is 0 Å². The summed E-state index contributed by atoms with van der Waals surface area (Å²) in [5, 5.41) is 13.0. The molecule has 1 aromatic carbocycles. The Kier molecular flexibility index (Phi) is 5.15. The van der Waals surface area contributed by atoms with E-state index in [4.69, 9.17) is 0 Å². The van der Waals surface area contributed by atoms with Gasteiger partial charge in [0.1, 0.15) is 0 Å². The van der Waals surface area contributed by atoms with Crippen LogP contribution in [0.15, 0.2) is 30.3 Å². The molecule has 1 saturated heterocycles. The number of amides is 1. The maximum absolute atomic E-state index is 11.9. The first-order valence-electron chi connectivity index (χ1n) is 7.30. The molecule has 1 heterocycles. The fourth-order valence-electron chi connectivity index (χ4n) is 2.71. The van der Waals surface area contributed by atoms with Crippen LogP contribution in [0, 0.1) is 0 Å². The van der Waals surface area contributed by atoms with Crippen molar-refractivity contribution in [1.82, 2.24) is 10.2 Å². The average molecular weight is 276 g/mol. The molecular formula is C16H24N2O2. The fourth-order valence-corrected chi connectivity index (χ4v) is 2.71. The predicted molar refractivity (Wildman–Crippen MR) is 79.5 cm³/mol. The van der Waals surface area contributed by atoms with Gasteiger partial charge in [0, 0.05) is 13.1 Å². The third-order valence-corrected chi connectivity index (χ3v) is 3.70. The SMILES string of the molecule is CC1(O)CCCN(CC(=O)NCCc2ccccc2)C1. The van der Waals surface area contributed by atoms with Crippen molar-refractivity contribution >= 4 is 5.91 Å². The highest BCUT2D eigenvalue weighted by Crippen LogP contribution is 2.19. The average Bonchev–Trinajstić information content (AvgIpc) is 2.38. The van der Waals surface area contributed by atoms with E-state index in [0.29, 0.717) is 19.6 Å². The van der Waals surface area contributed by atoms with Crippen LogP contribution < -0.4 is 5.32 Å². The Labute approximate surface area is 120 Å². The molecule has 1 aliphatic rings. The van der Waals surface area contributed by atoms with E-state index in [2.05, 4.69) is 17.4 Å². The molecule has 0 saturated carbocycles. The second-order valence-corrected chi connectivity index (χ2v) is 5.90. The molecule has 2 N–H and O–H groups in total. The molecule has 0 radical (unpaired) electrons. The quantitative estimate of drug-likeness (QED) is 0.849. The lowest BCUT2D eigenvalue weighted by atomic mass is 9.95. The Balaban J connectivity index is 1.68. The first-order valence-corrected chi connectivity index (χ1v) is 7.30. The second-order valence-electron chi connectivity index (χ2n) is 5.90. The Morgan fingerprint density at radius 1 is 1.40 bits per heavy atom. The highest BCUT2D eigenvalue weighted by molar-refractivity contribution is 5.78. The molecule has 0 bridgehead atoms. The molecule has 4 nitrogen and oxygen atoms in total. The van der Waals surface area contributed by atoms with Gasteiger partial charge in [0.25, 0.3) is 0 Å². The molecular weight excluding hydrogens is 252 g/mol. The number of hydrogen-bond acceptors (Lipinski definition) is 3. The van der Waals surface area contributed by atoms with Gasteiger partial charge >= 0.3 is 0 Å². The molecule has 1 aliphatic heterocycles. The monoisotopic (exact) mass is 276 g/mol. The van der Waals surface area contributed by atoms with E-state index in [1.165, 1.54) is 5.56 Å². The lowest BCUT2D eigenvalue weighted by molar-refractivity contribution is -0.123. The van der Waals surface area contributed by atoms with Crippen LogP contribution in [0.1, 0.15) is 25.3 Å². The van der Waals surface area contributed by atoms with Gasteiger partial charge in [-0.05, 0) is 38.3 Å². The minimum Gasteiger partial charge on any atom is -0.389 e. The van der Waals surface area contributed by atoms with Crippen molar-refractivity contribution in [1.29, 1.82) is 0 Å². The van der Waals surface area contributed by atoms with Crippen molar-refractivity contribution < 1.29 is 9.90 Å². The van der Waals surface area contributed by atoms with Crippen LogP contribution in [0.3, 0.4) is 0 Å². The Bertz CT molecular complexity index is 431. The first-order chi connectivity index (χ1) is 9.55. The number of nitrogens with one attached hydrogen (secondary N) is 1. The third kappa shape index (κ3) is 4.94. The van der Waals surface area contributed by atoms with Crippen LogP contribution in [0.5, 0.6) is 0 Å². The van der Waals surface area contributed by atoms with Crippen LogP contribution in [0.2, 0.25) is 0 Å². The number of carbonyl (C=O) groups excluding carboxylic acids is 1. The highest BCUT2D eigenvalue weighted by Gasteiger charge is 2.28. The second kappa shape index (κ2) is 6.86. The van der Waals surface area contributed by atoms with E-state index in [9.17, 15) is 9.90 Å². The smallest absolute Gasteiger partial charge is 0.234 e. The zero-order chi connectivity index (χ0) is 14.4. The van der Waals surface area contributed by atoms with Crippen LogP contribution in [-0.4, -0.2) is 47.7 Å². The van der Waals surface area contributed by atoms with Gasteiger partial charge in [-0.2, -0.15) is 0 Å². The number of benzene rings is 1. The predicted octanol–water partition coefficient (Wildman–Crippen LogP) is 1.19. The van der Waals surface area contributed by atoms with Crippen molar-refractivity contribution in [3.8, 4) is 0 Å². The Morgan fingerprint density at radius 3 is 2.85 bits per heavy atom. The third-order valence-electron chi connectivity index (χ3n) is 3.70. The molecule has 2 rings (SSSR count). The van der Waals surface area contributed by atoms with Gasteiger partial charge in [-0.15, -0.1) is 0 Å². The maximum atomic E-state index is 11.9. The van der Waals surface area contributed by atoms with E-state index in [0.717, 1.165) is 25.8 Å². The number of likely N-dealkylation sites (tertiary alicyclic amines) is 1. The van der Waals surface area contributed by atoms with Crippen LogP contribution in [-0.2, 0) is 11.2 Å². The minimum absolute atomic E-state index is 0.0404. The van der Waals surface area contributed by atoms with Crippen molar-refractivity contribution in [2.24, 2.45) is 0 Å². The van der Waals surface area contributed by atoms with Gasteiger partial charge < -0.3 is 10.4 Å². The van der Waals surface area contributed by atoms with Crippen molar-refractivity contribution in [3.63, 3.8) is 0 Å². The maximum Gasteiger partial charge on any atom is 0.234 e. The number of hydrogen-bond donors (Lipinski definition) is 2. The zero-order valence-corrected chi connectivity index (χ0v) is 12.1. The summed E-state index contributed by atoms with van der Waals surface area (Å²) in [7, 11) is 0. The number of nitrogens with zero attached hydrogens (tertiary/aromatic N) is 1. The summed E-state index contributed by atoms with van der Waals surface area (Å²) < 4.78 is 0. The van der Waals surface area contributed by atoms with Crippen LogP contribution >= 0.6 is 0 Å². The largest absolute Gasteiger partial charge is 0.389 e. The molecule has 1 unspecified atom stereocenters. The minimum atomic E-state index is -0.650. The standard InChI is InChI=1S/C16H24N2O2/c1-16(20)9-5-11-18(13-16)12-15(19)17-10-8-14-6-3-2-4-7-14/h2-4,6-7,20H,5,8-13H2,1H3,(H,17,19). The van der Waals surface area contributed by atoms with Gasteiger partial charge in [-0.25, -0.2) is 0 Å². The van der Waals surface area contributed by atoms with Gasteiger partial charge in [0.2, 0.25) is 5.91 Å². The summed E-state index contributed by atoms with van der Waals surface area (Å²) in [6.45, 7) is 4.35. The molecule has 1 amide bonds. The number of rotatable bonds is 5. The van der Waals surface area contributed by atoms with Crippen molar-refractivity contribution in [2.45, 2.75) is 31.8 Å². The van der Waals surface area contributed by atoms with E-state index in [-0.39, 0.29) is 5.91 Å². The molecule has 20 heavy (non-hydrogen) atoms. The van der Waals surface area contributed by atoms with Gasteiger partial charge in [0.05, 0.1) is 12.1 Å². The summed E-state index contributed by atoms with van der Waals surface area (Å²) in [6.07, 6.45) is 2.62. The van der Waals surface area contributed by atoms with Gasteiger partial charge in [-0.1, -0.05) is 30.3 Å². The molecule has 0 spiro atoms. The number of carbonyl (C=O) groups is 1. The van der Waals surface area contributed by atoms with Crippen LogP contribution in [0.4, 0.5) is 0 Å². The molecule has 110 valence electrons. The lowest BCUT2D eigenvalue weighted by Gasteiger charge is -2.36. The first kappa shape index (κ1) is 15.0. The highest BCUT2D eigenvalue weighted by atomic mass is 16.3. The fraction of sp³-hybridized carbons (Fsp3) is 0.562. The van der Waals surface area contributed by atoms with Crippen molar-refractivity contribution in [3.05, 3.63) is 35.9 Å². The van der Waals surface area contributed by atoms with E-state index >= 15 is 0 Å². The van der Waals surface area contributed by atoms with Crippen LogP contribution in [0.25, 0.3) is 0 Å². The Morgan fingerprint density at radius 2 is 2.15 bits per heavy atom. The van der Waals surface area contributed by atoms with Crippen molar-refractivity contribution in [2.75, 3.05) is 26.2 Å². The number of aliphatic hydroxyl groups is 1. The lowest BCUT2D eigenvalue weighted by Crippen LogP contribution is -2.49. The molecule has 4 heteroatoms. The van der Waals surface area contributed by atoms with E-state index in [1.54, 1.807) is 0 Å². The van der Waals surface area contributed by atoms with E-state index in [1.807, 2.05) is 30.0 Å². The topological polar surface area (TPSA) is 52.6 Å². The summed E-state index contributed by atoms with van der Waals surface area (Å²) in [4.78, 5) is 13.9. The summed E-state index contributed by atoms with van der Waals surface area (Å²) in [5.74, 6) is 0.0404. The summed E-state index contributed by atoms with van der Waals surface area (Å²) in [5.41, 5.74) is 0.580. The normalized spacial score (nSPS) is 23.5. The molecule has 1 atom stereocenters. The summed E-state index contributed by atoms with van der Waals surface area (Å²) >= 11 is 0.